The van der Waals surface area contributed by atoms with Gasteiger partial charge in [0.2, 0.25) is 5.91 Å². The van der Waals surface area contributed by atoms with Crippen LogP contribution < -0.4 is 10.6 Å². The zero-order valence-electron chi connectivity index (χ0n) is 12.7. The predicted octanol–water partition coefficient (Wildman–Crippen LogP) is 1.58. The highest BCUT2D eigenvalue weighted by Gasteiger charge is 2.30. The number of fused-ring (bicyclic) bond motifs is 1. The fourth-order valence-corrected chi connectivity index (χ4v) is 2.52. The van der Waals surface area contributed by atoms with Gasteiger partial charge in [-0.05, 0) is 24.0 Å². The molecule has 1 aromatic carbocycles. The van der Waals surface area contributed by atoms with Crippen LogP contribution in [0.3, 0.4) is 0 Å². The molecular formula is C16H22N2O3. The molecule has 0 fully saturated rings. The molecule has 5 nitrogen and oxygen atoms in total. The topological polar surface area (TPSA) is 67.4 Å². The Morgan fingerprint density at radius 3 is 2.71 bits per heavy atom. The standard InChI is InChI=1S/C16H22N2O3/c1-10(2)14(16(20)21-3)18-15(19)12-8-11-6-4-5-7-13(11)17-9-12/h4-7,10,12,14,17H,8-9H2,1-3H3,(H,18,19)/t12?,14-/m0/s1. The van der Waals surface area contributed by atoms with E-state index >= 15 is 0 Å². The van der Waals surface area contributed by atoms with Crippen molar-refractivity contribution >= 4 is 17.6 Å². The number of carbonyl (C=O) groups excluding carboxylic acids is 2. The molecule has 1 aromatic rings. The molecule has 1 aliphatic rings. The summed E-state index contributed by atoms with van der Waals surface area (Å²) in [4.78, 5) is 24.1. The van der Waals surface area contributed by atoms with E-state index in [0.29, 0.717) is 13.0 Å². The van der Waals surface area contributed by atoms with Crippen LogP contribution in [0.4, 0.5) is 5.69 Å². The molecule has 0 saturated carbocycles. The lowest BCUT2D eigenvalue weighted by atomic mass is 9.92. The fourth-order valence-electron chi connectivity index (χ4n) is 2.52. The lowest BCUT2D eigenvalue weighted by molar-refractivity contribution is -0.146. The van der Waals surface area contributed by atoms with Gasteiger partial charge < -0.3 is 15.4 Å². The Kier molecular flexibility index (Phi) is 4.83. The molecule has 0 spiro atoms. The second-order valence-corrected chi connectivity index (χ2v) is 5.69. The van der Waals surface area contributed by atoms with Crippen molar-refractivity contribution in [3.8, 4) is 0 Å². The number of benzene rings is 1. The lowest BCUT2D eigenvalue weighted by Crippen LogP contribution is -2.49. The van der Waals surface area contributed by atoms with Gasteiger partial charge >= 0.3 is 5.97 Å². The summed E-state index contributed by atoms with van der Waals surface area (Å²) in [5, 5.41) is 6.08. The summed E-state index contributed by atoms with van der Waals surface area (Å²) in [6, 6.07) is 7.36. The Morgan fingerprint density at radius 1 is 1.33 bits per heavy atom. The summed E-state index contributed by atoms with van der Waals surface area (Å²) in [6.07, 6.45) is 0.682. The number of nitrogens with one attached hydrogen (secondary N) is 2. The molecule has 5 heteroatoms. The smallest absolute Gasteiger partial charge is 0.328 e. The summed E-state index contributed by atoms with van der Waals surface area (Å²) in [6.45, 7) is 4.35. The quantitative estimate of drug-likeness (QED) is 0.826. The molecule has 21 heavy (non-hydrogen) atoms. The summed E-state index contributed by atoms with van der Waals surface area (Å²) in [5.41, 5.74) is 2.21. The largest absolute Gasteiger partial charge is 0.467 e. The fraction of sp³-hybridized carbons (Fsp3) is 0.500. The maximum Gasteiger partial charge on any atom is 0.328 e. The van der Waals surface area contributed by atoms with E-state index < -0.39 is 12.0 Å². The van der Waals surface area contributed by atoms with E-state index in [2.05, 4.69) is 10.6 Å². The number of methoxy groups -OCH3 is 1. The van der Waals surface area contributed by atoms with Crippen LogP contribution in [0.5, 0.6) is 0 Å². The molecule has 1 unspecified atom stereocenters. The normalized spacial score (nSPS) is 18.4. The Morgan fingerprint density at radius 2 is 2.05 bits per heavy atom. The third kappa shape index (κ3) is 3.54. The van der Waals surface area contributed by atoms with E-state index in [0.717, 1.165) is 11.3 Å². The molecule has 0 bridgehead atoms. The van der Waals surface area contributed by atoms with E-state index in [9.17, 15) is 9.59 Å². The predicted molar refractivity (Wildman–Crippen MR) is 80.9 cm³/mol. The third-order valence-corrected chi connectivity index (χ3v) is 3.81. The highest BCUT2D eigenvalue weighted by Crippen LogP contribution is 2.24. The SMILES string of the molecule is COC(=O)[C@@H](NC(=O)C1CNc2ccccc2C1)C(C)C. The minimum atomic E-state index is -0.598. The van der Waals surface area contributed by atoms with Gasteiger partial charge in [0.1, 0.15) is 6.04 Å². The highest BCUT2D eigenvalue weighted by molar-refractivity contribution is 5.86. The van der Waals surface area contributed by atoms with Gasteiger partial charge in [0.25, 0.3) is 0 Å². The van der Waals surface area contributed by atoms with Crippen LogP contribution in [0.2, 0.25) is 0 Å². The van der Waals surface area contributed by atoms with Crippen LogP contribution in [-0.4, -0.2) is 31.6 Å². The minimum absolute atomic E-state index is 0.00904. The number of hydrogen-bond acceptors (Lipinski definition) is 4. The Hall–Kier alpha value is -2.04. The van der Waals surface area contributed by atoms with Crippen molar-refractivity contribution in [2.45, 2.75) is 26.3 Å². The number of para-hydroxylation sites is 1. The molecule has 0 aromatic heterocycles. The van der Waals surface area contributed by atoms with Gasteiger partial charge in [-0.15, -0.1) is 0 Å². The van der Waals surface area contributed by atoms with Crippen LogP contribution in [-0.2, 0) is 20.7 Å². The molecule has 1 heterocycles. The maximum atomic E-state index is 12.4. The van der Waals surface area contributed by atoms with Gasteiger partial charge in [0.05, 0.1) is 13.0 Å². The van der Waals surface area contributed by atoms with E-state index in [4.69, 9.17) is 4.74 Å². The van der Waals surface area contributed by atoms with Gasteiger partial charge in [0.15, 0.2) is 0 Å². The maximum absolute atomic E-state index is 12.4. The van der Waals surface area contributed by atoms with Crippen LogP contribution in [0.25, 0.3) is 0 Å². The zero-order chi connectivity index (χ0) is 15.4. The Labute approximate surface area is 125 Å². The van der Waals surface area contributed by atoms with Gasteiger partial charge in [-0.25, -0.2) is 4.79 Å². The third-order valence-electron chi connectivity index (χ3n) is 3.81. The van der Waals surface area contributed by atoms with Crippen molar-refractivity contribution in [3.05, 3.63) is 29.8 Å². The monoisotopic (exact) mass is 290 g/mol. The van der Waals surface area contributed by atoms with Crippen molar-refractivity contribution in [1.29, 1.82) is 0 Å². The van der Waals surface area contributed by atoms with E-state index in [1.165, 1.54) is 7.11 Å². The summed E-state index contributed by atoms with van der Waals surface area (Å²) < 4.78 is 4.75. The van der Waals surface area contributed by atoms with E-state index in [-0.39, 0.29) is 17.7 Å². The van der Waals surface area contributed by atoms with Crippen LogP contribution in [0.15, 0.2) is 24.3 Å². The number of esters is 1. The molecule has 0 radical (unpaired) electrons. The van der Waals surface area contributed by atoms with Gasteiger partial charge in [-0.2, -0.15) is 0 Å². The van der Waals surface area contributed by atoms with Crippen molar-refractivity contribution in [2.75, 3.05) is 19.0 Å². The first kappa shape index (κ1) is 15.4. The van der Waals surface area contributed by atoms with Crippen molar-refractivity contribution in [1.82, 2.24) is 5.32 Å². The first-order chi connectivity index (χ1) is 10.0. The molecule has 0 saturated heterocycles. The Balaban J connectivity index is 2.03. The second-order valence-electron chi connectivity index (χ2n) is 5.69. The molecule has 2 atom stereocenters. The molecule has 1 aliphatic heterocycles. The first-order valence-corrected chi connectivity index (χ1v) is 7.23. The van der Waals surface area contributed by atoms with Crippen LogP contribution in [0, 0.1) is 11.8 Å². The number of ether oxygens (including phenoxy) is 1. The van der Waals surface area contributed by atoms with E-state index in [1.54, 1.807) is 0 Å². The summed E-state index contributed by atoms with van der Waals surface area (Å²) in [7, 11) is 1.34. The molecule has 1 amide bonds. The number of carbonyl (C=O) groups is 2. The number of hydrogen-bond donors (Lipinski definition) is 2. The van der Waals surface area contributed by atoms with Crippen molar-refractivity contribution < 1.29 is 14.3 Å². The lowest BCUT2D eigenvalue weighted by Gasteiger charge is -2.27. The van der Waals surface area contributed by atoms with Crippen molar-refractivity contribution in [2.24, 2.45) is 11.8 Å². The van der Waals surface area contributed by atoms with Gasteiger partial charge in [0, 0.05) is 12.2 Å². The molecule has 2 rings (SSSR count). The van der Waals surface area contributed by atoms with E-state index in [1.807, 2.05) is 38.1 Å². The first-order valence-electron chi connectivity index (χ1n) is 7.23. The second kappa shape index (κ2) is 6.61. The summed E-state index contributed by atoms with van der Waals surface area (Å²) in [5.74, 6) is -0.695. The molecule has 0 aliphatic carbocycles. The average Bonchev–Trinajstić information content (AvgIpc) is 2.50. The summed E-state index contributed by atoms with van der Waals surface area (Å²) >= 11 is 0. The van der Waals surface area contributed by atoms with Crippen molar-refractivity contribution in [3.63, 3.8) is 0 Å². The number of amides is 1. The zero-order valence-corrected chi connectivity index (χ0v) is 12.7. The molecule has 2 N–H and O–H groups in total. The minimum Gasteiger partial charge on any atom is -0.467 e. The number of rotatable bonds is 4. The van der Waals surface area contributed by atoms with Gasteiger partial charge in [-0.1, -0.05) is 32.0 Å². The molecule has 114 valence electrons. The molecular weight excluding hydrogens is 268 g/mol. The Bertz CT molecular complexity index is 528. The highest BCUT2D eigenvalue weighted by atomic mass is 16.5. The van der Waals surface area contributed by atoms with Gasteiger partial charge in [-0.3, -0.25) is 4.79 Å². The van der Waals surface area contributed by atoms with Crippen LogP contribution in [0.1, 0.15) is 19.4 Å². The average molecular weight is 290 g/mol. The van der Waals surface area contributed by atoms with Crippen LogP contribution >= 0.6 is 0 Å². The number of anilines is 1.